The number of nitrogens with one attached hydrogen (secondary N) is 1. The minimum Gasteiger partial charge on any atom is -0.313 e. The molecule has 0 saturated heterocycles. The molecule has 0 spiro atoms. The van der Waals surface area contributed by atoms with Crippen LogP contribution in [0.25, 0.3) is 5.52 Å². The van der Waals surface area contributed by atoms with Gasteiger partial charge >= 0.3 is 0 Å². The van der Waals surface area contributed by atoms with Gasteiger partial charge in [-0.15, -0.1) is 0 Å². The van der Waals surface area contributed by atoms with E-state index in [1.54, 1.807) is 0 Å². The average molecular weight is 231 g/mol. The fourth-order valence-corrected chi connectivity index (χ4v) is 2.18. The average Bonchev–Trinajstić information content (AvgIpc) is 2.74. The largest absolute Gasteiger partial charge is 0.313 e. The molecule has 0 radical (unpaired) electrons. The third kappa shape index (κ3) is 2.67. The van der Waals surface area contributed by atoms with E-state index in [4.69, 9.17) is 0 Å². The summed E-state index contributed by atoms with van der Waals surface area (Å²) < 4.78 is 1.94. The smallest absolute Gasteiger partial charge is 0.0709 e. The van der Waals surface area contributed by atoms with Crippen LogP contribution >= 0.6 is 0 Å². The molecule has 0 amide bonds. The van der Waals surface area contributed by atoms with Crippen LogP contribution in [0.2, 0.25) is 0 Å². The quantitative estimate of drug-likeness (QED) is 0.857. The first-order chi connectivity index (χ1) is 8.22. The van der Waals surface area contributed by atoms with Crippen LogP contribution < -0.4 is 5.32 Å². The first-order valence-electron chi connectivity index (χ1n) is 6.32. The molecule has 2 aromatic heterocycles. The molecule has 0 bridgehead atoms. The monoisotopic (exact) mass is 231 g/mol. The minimum absolute atomic E-state index is 0.400. The Bertz CT molecular complexity index is 473. The van der Waals surface area contributed by atoms with Crippen molar-refractivity contribution in [3.05, 3.63) is 36.2 Å². The Labute approximate surface area is 103 Å². The third-order valence-corrected chi connectivity index (χ3v) is 3.21. The van der Waals surface area contributed by atoms with E-state index in [0.29, 0.717) is 6.04 Å². The highest BCUT2D eigenvalue weighted by atomic mass is 15.2. The van der Waals surface area contributed by atoms with Crippen molar-refractivity contribution < 1.29 is 0 Å². The van der Waals surface area contributed by atoms with Gasteiger partial charge in [0.05, 0.1) is 11.7 Å². The van der Waals surface area contributed by atoms with Crippen LogP contribution in [0.4, 0.5) is 0 Å². The molecule has 3 heteroatoms. The molecule has 2 rings (SSSR count). The van der Waals surface area contributed by atoms with E-state index < -0.39 is 0 Å². The highest BCUT2D eigenvalue weighted by Crippen LogP contribution is 2.24. The first kappa shape index (κ1) is 12.1. The molecule has 1 unspecified atom stereocenters. The summed E-state index contributed by atoms with van der Waals surface area (Å²) in [5.41, 5.74) is 2.50. The molecule has 2 heterocycles. The summed E-state index contributed by atoms with van der Waals surface area (Å²) in [6, 6.07) is 6.60. The molecule has 0 fully saturated rings. The normalized spacial score (nSPS) is 13.4. The SMILES string of the molecule is CNC(CCC(C)C)c1cnn2ccccc12. The number of rotatable bonds is 5. The Balaban J connectivity index is 2.24. The van der Waals surface area contributed by atoms with E-state index in [1.165, 1.54) is 17.5 Å². The van der Waals surface area contributed by atoms with E-state index >= 15 is 0 Å². The van der Waals surface area contributed by atoms with Gasteiger partial charge in [0.2, 0.25) is 0 Å². The predicted octanol–water partition coefficient (Wildman–Crippen LogP) is 3.03. The molecular formula is C14H21N3. The number of aromatic nitrogens is 2. The van der Waals surface area contributed by atoms with Crippen LogP contribution in [0, 0.1) is 5.92 Å². The fraction of sp³-hybridized carbons (Fsp3) is 0.500. The maximum Gasteiger partial charge on any atom is 0.0709 e. The number of fused-ring (bicyclic) bond motifs is 1. The molecule has 0 aliphatic carbocycles. The fourth-order valence-electron chi connectivity index (χ4n) is 2.18. The summed E-state index contributed by atoms with van der Waals surface area (Å²) in [7, 11) is 2.03. The number of pyridine rings is 1. The lowest BCUT2D eigenvalue weighted by Crippen LogP contribution is -2.16. The molecular weight excluding hydrogens is 210 g/mol. The Hall–Kier alpha value is -1.35. The van der Waals surface area contributed by atoms with Crippen LogP contribution in [-0.4, -0.2) is 16.7 Å². The molecule has 1 atom stereocenters. The van der Waals surface area contributed by atoms with Gasteiger partial charge in [0.1, 0.15) is 0 Å². The summed E-state index contributed by atoms with van der Waals surface area (Å²) in [5.74, 6) is 0.743. The molecule has 0 saturated carbocycles. The van der Waals surface area contributed by atoms with Crippen LogP contribution in [0.3, 0.4) is 0 Å². The lowest BCUT2D eigenvalue weighted by Gasteiger charge is -2.16. The lowest BCUT2D eigenvalue weighted by molar-refractivity contribution is 0.467. The van der Waals surface area contributed by atoms with E-state index in [1.807, 2.05) is 30.0 Å². The van der Waals surface area contributed by atoms with Gasteiger partial charge < -0.3 is 5.32 Å². The molecule has 2 aromatic rings. The molecule has 1 N–H and O–H groups in total. The van der Waals surface area contributed by atoms with Gasteiger partial charge in [0.25, 0.3) is 0 Å². The summed E-state index contributed by atoms with van der Waals surface area (Å²) in [6.45, 7) is 4.53. The van der Waals surface area contributed by atoms with Gasteiger partial charge in [-0.1, -0.05) is 19.9 Å². The third-order valence-electron chi connectivity index (χ3n) is 3.21. The van der Waals surface area contributed by atoms with Gasteiger partial charge in [-0.05, 0) is 37.9 Å². The highest BCUT2D eigenvalue weighted by molar-refractivity contribution is 5.54. The molecule has 0 aliphatic rings. The molecule has 17 heavy (non-hydrogen) atoms. The van der Waals surface area contributed by atoms with Crippen molar-refractivity contribution in [3.63, 3.8) is 0 Å². The van der Waals surface area contributed by atoms with Crippen molar-refractivity contribution >= 4 is 5.52 Å². The van der Waals surface area contributed by atoms with Crippen LogP contribution in [0.15, 0.2) is 30.6 Å². The summed E-state index contributed by atoms with van der Waals surface area (Å²) in [5, 5.41) is 7.79. The van der Waals surface area contributed by atoms with Crippen molar-refractivity contribution in [1.29, 1.82) is 0 Å². The molecule has 0 aromatic carbocycles. The van der Waals surface area contributed by atoms with Crippen LogP contribution in [0.5, 0.6) is 0 Å². The van der Waals surface area contributed by atoms with Crippen molar-refractivity contribution in [3.8, 4) is 0 Å². The van der Waals surface area contributed by atoms with Gasteiger partial charge in [0, 0.05) is 17.8 Å². The van der Waals surface area contributed by atoms with Gasteiger partial charge in [-0.2, -0.15) is 5.10 Å². The predicted molar refractivity (Wildman–Crippen MR) is 71.1 cm³/mol. The maximum absolute atomic E-state index is 4.39. The summed E-state index contributed by atoms with van der Waals surface area (Å²) in [6.07, 6.45) is 6.37. The topological polar surface area (TPSA) is 29.3 Å². The lowest BCUT2D eigenvalue weighted by atomic mass is 9.99. The Morgan fingerprint density at radius 2 is 2.12 bits per heavy atom. The number of nitrogens with zero attached hydrogens (tertiary/aromatic N) is 2. The maximum atomic E-state index is 4.39. The zero-order valence-corrected chi connectivity index (χ0v) is 10.9. The molecule has 92 valence electrons. The van der Waals surface area contributed by atoms with Crippen LogP contribution in [0.1, 0.15) is 38.3 Å². The number of hydrogen-bond donors (Lipinski definition) is 1. The minimum atomic E-state index is 0.400. The van der Waals surface area contributed by atoms with E-state index in [-0.39, 0.29) is 0 Å². The zero-order valence-electron chi connectivity index (χ0n) is 10.9. The van der Waals surface area contributed by atoms with Gasteiger partial charge in [-0.3, -0.25) is 0 Å². The number of hydrogen-bond acceptors (Lipinski definition) is 2. The standard InChI is InChI=1S/C14H21N3/c1-11(2)7-8-13(15-3)12-10-16-17-9-5-4-6-14(12)17/h4-6,9-11,13,15H,7-8H2,1-3H3. The molecule has 0 aliphatic heterocycles. The van der Waals surface area contributed by atoms with Crippen molar-refractivity contribution in [2.24, 2.45) is 5.92 Å². The first-order valence-corrected chi connectivity index (χ1v) is 6.32. The Morgan fingerprint density at radius 3 is 2.82 bits per heavy atom. The zero-order chi connectivity index (χ0) is 12.3. The van der Waals surface area contributed by atoms with E-state index in [2.05, 4.69) is 36.4 Å². The Kier molecular flexibility index (Phi) is 3.79. The van der Waals surface area contributed by atoms with Crippen molar-refractivity contribution in [2.75, 3.05) is 7.05 Å². The van der Waals surface area contributed by atoms with Crippen molar-refractivity contribution in [2.45, 2.75) is 32.7 Å². The summed E-state index contributed by atoms with van der Waals surface area (Å²) >= 11 is 0. The van der Waals surface area contributed by atoms with Crippen molar-refractivity contribution in [1.82, 2.24) is 14.9 Å². The van der Waals surface area contributed by atoms with Crippen LogP contribution in [-0.2, 0) is 0 Å². The highest BCUT2D eigenvalue weighted by Gasteiger charge is 2.14. The van der Waals surface area contributed by atoms with Gasteiger partial charge in [-0.25, -0.2) is 4.52 Å². The van der Waals surface area contributed by atoms with Gasteiger partial charge in [0.15, 0.2) is 0 Å². The second-order valence-corrected chi connectivity index (χ2v) is 4.94. The second-order valence-electron chi connectivity index (χ2n) is 4.94. The second kappa shape index (κ2) is 5.32. The van der Waals surface area contributed by atoms with E-state index in [9.17, 15) is 0 Å². The van der Waals surface area contributed by atoms with E-state index in [0.717, 1.165) is 12.3 Å². The molecule has 3 nitrogen and oxygen atoms in total. The Morgan fingerprint density at radius 1 is 1.29 bits per heavy atom. The summed E-state index contributed by atoms with van der Waals surface area (Å²) in [4.78, 5) is 0.